The molecule has 0 saturated heterocycles. The Morgan fingerprint density at radius 2 is 1.61 bits per heavy atom. The smallest absolute Gasteiger partial charge is 0.247 e. The maximum atomic E-state index is 10.5. The molecule has 0 aliphatic rings. The van der Waals surface area contributed by atoms with E-state index in [1.807, 2.05) is 0 Å². The Kier molecular flexibility index (Phi) is 10.6. The molecule has 0 fully saturated rings. The summed E-state index contributed by atoms with van der Waals surface area (Å²) < 4.78 is -0.215. The van der Waals surface area contributed by atoms with Gasteiger partial charge in [-0.25, -0.2) is 0 Å². The zero-order chi connectivity index (χ0) is 14.0. The molecule has 0 heterocycles. The van der Waals surface area contributed by atoms with Gasteiger partial charge in [0.15, 0.2) is 0 Å². The minimum Gasteiger partial charge on any atom is -0.304 e. The maximum absolute atomic E-state index is 10.5. The van der Waals surface area contributed by atoms with Gasteiger partial charge in [0.05, 0.1) is 0 Å². The zero-order valence-electron chi connectivity index (χ0n) is 11.0. The molecule has 0 saturated carbocycles. The van der Waals surface area contributed by atoms with Gasteiger partial charge in [0.2, 0.25) is 4.45 Å². The van der Waals surface area contributed by atoms with Gasteiger partial charge in [-0.15, -0.1) is 0 Å². The first kappa shape index (κ1) is 17.8. The SMILES string of the molecule is CCN(CC)CC.O=C(S)Sc1ccc(Cl)cc1. The van der Waals surface area contributed by atoms with Crippen molar-refractivity contribution in [2.75, 3.05) is 19.6 Å². The molecule has 1 aromatic carbocycles. The number of carbonyl (C=O) groups is 1. The highest BCUT2D eigenvalue weighted by atomic mass is 35.5. The molecule has 0 spiro atoms. The van der Waals surface area contributed by atoms with E-state index in [0.717, 1.165) is 16.7 Å². The lowest BCUT2D eigenvalue weighted by Crippen LogP contribution is -2.21. The number of nitrogens with zero attached hydrogens (tertiary/aromatic N) is 1. The third kappa shape index (κ3) is 8.86. The molecule has 0 atom stereocenters. The van der Waals surface area contributed by atoms with Gasteiger partial charge in [-0.05, 0) is 55.7 Å². The number of hydrogen-bond donors (Lipinski definition) is 1. The molecule has 2 nitrogen and oxygen atoms in total. The predicted octanol–water partition coefficient (Wildman–Crippen LogP) is 4.83. The molecule has 0 N–H and O–H groups in total. The quantitative estimate of drug-likeness (QED) is 0.635. The molecule has 1 rings (SSSR count). The number of hydrogen-bond acceptors (Lipinski definition) is 3. The van der Waals surface area contributed by atoms with Crippen LogP contribution in [0.2, 0.25) is 5.02 Å². The van der Waals surface area contributed by atoms with Crippen LogP contribution in [0.1, 0.15) is 20.8 Å². The summed E-state index contributed by atoms with van der Waals surface area (Å²) in [5, 5.41) is 0.668. The summed E-state index contributed by atoms with van der Waals surface area (Å²) in [4.78, 5) is 13.7. The summed E-state index contributed by atoms with van der Waals surface area (Å²) >= 11 is 10.3. The summed E-state index contributed by atoms with van der Waals surface area (Å²) in [6.45, 7) is 10.1. The third-order valence-electron chi connectivity index (χ3n) is 2.36. The van der Waals surface area contributed by atoms with Crippen molar-refractivity contribution >= 4 is 40.4 Å². The zero-order valence-corrected chi connectivity index (χ0v) is 13.5. The van der Waals surface area contributed by atoms with Gasteiger partial charge in [-0.2, -0.15) is 0 Å². The molecule has 0 unspecified atom stereocenters. The minimum atomic E-state index is -0.215. The number of thiol groups is 1. The van der Waals surface area contributed by atoms with Crippen molar-refractivity contribution in [3.8, 4) is 0 Å². The van der Waals surface area contributed by atoms with E-state index in [4.69, 9.17) is 11.6 Å². The Morgan fingerprint density at radius 1 is 1.17 bits per heavy atom. The van der Waals surface area contributed by atoms with Crippen molar-refractivity contribution in [3.63, 3.8) is 0 Å². The molecular formula is C13H20ClNOS2. The first-order chi connectivity index (χ1) is 8.53. The first-order valence-electron chi connectivity index (χ1n) is 5.92. The van der Waals surface area contributed by atoms with Crippen LogP contribution in [0, 0.1) is 0 Å². The number of carbonyl (C=O) groups excluding carboxylic acids is 1. The van der Waals surface area contributed by atoms with Crippen molar-refractivity contribution in [1.29, 1.82) is 0 Å². The van der Waals surface area contributed by atoms with Crippen LogP contribution >= 0.6 is 36.0 Å². The van der Waals surface area contributed by atoms with Crippen molar-refractivity contribution in [2.24, 2.45) is 0 Å². The summed E-state index contributed by atoms with van der Waals surface area (Å²) in [7, 11) is 0. The van der Waals surface area contributed by atoms with Crippen LogP contribution in [0.4, 0.5) is 4.79 Å². The normalized spacial score (nSPS) is 9.89. The molecule has 0 aromatic heterocycles. The van der Waals surface area contributed by atoms with Crippen LogP contribution in [-0.2, 0) is 0 Å². The fourth-order valence-electron chi connectivity index (χ4n) is 1.27. The van der Waals surface area contributed by atoms with Crippen LogP contribution in [0.5, 0.6) is 0 Å². The Morgan fingerprint density at radius 3 is 1.89 bits per heavy atom. The fourth-order valence-corrected chi connectivity index (χ4v) is 2.19. The van der Waals surface area contributed by atoms with E-state index in [1.54, 1.807) is 24.3 Å². The van der Waals surface area contributed by atoms with Gasteiger partial charge < -0.3 is 4.90 Å². The number of rotatable bonds is 4. The number of halogens is 1. The lowest BCUT2D eigenvalue weighted by molar-refractivity contribution is 0.277. The average molecular weight is 306 g/mol. The predicted molar refractivity (Wildman–Crippen MR) is 85.2 cm³/mol. The van der Waals surface area contributed by atoms with Gasteiger partial charge in [0.1, 0.15) is 0 Å². The van der Waals surface area contributed by atoms with Gasteiger partial charge in [-0.3, -0.25) is 4.79 Å². The molecule has 0 bridgehead atoms. The van der Waals surface area contributed by atoms with Crippen LogP contribution in [-0.4, -0.2) is 29.0 Å². The fraction of sp³-hybridized carbons (Fsp3) is 0.462. The van der Waals surface area contributed by atoms with E-state index in [2.05, 4.69) is 38.3 Å². The monoisotopic (exact) mass is 305 g/mol. The van der Waals surface area contributed by atoms with E-state index < -0.39 is 0 Å². The number of benzene rings is 1. The van der Waals surface area contributed by atoms with Crippen molar-refractivity contribution in [3.05, 3.63) is 29.3 Å². The van der Waals surface area contributed by atoms with Crippen molar-refractivity contribution in [1.82, 2.24) is 4.90 Å². The van der Waals surface area contributed by atoms with Gasteiger partial charge in [0.25, 0.3) is 0 Å². The second-order valence-electron chi connectivity index (χ2n) is 3.44. The molecule has 0 amide bonds. The van der Waals surface area contributed by atoms with Crippen LogP contribution in [0.25, 0.3) is 0 Å². The Hall–Kier alpha value is -0.160. The molecule has 102 valence electrons. The highest BCUT2D eigenvalue weighted by Crippen LogP contribution is 2.22. The van der Waals surface area contributed by atoms with E-state index in [0.29, 0.717) is 5.02 Å². The Labute approximate surface area is 124 Å². The Bertz CT molecular complexity index is 334. The van der Waals surface area contributed by atoms with Crippen molar-refractivity contribution in [2.45, 2.75) is 25.7 Å². The molecule has 1 aromatic rings. The van der Waals surface area contributed by atoms with E-state index in [-0.39, 0.29) is 4.45 Å². The standard InChI is InChI=1S/C7H5ClOS2.C6H15N/c8-5-1-3-6(4-2-5)11-7(9)10;1-4-7(5-2)6-3/h1-4H,(H,9,10);4-6H2,1-3H3. The molecular weight excluding hydrogens is 286 g/mol. The molecule has 0 aliphatic heterocycles. The van der Waals surface area contributed by atoms with Crippen LogP contribution < -0.4 is 0 Å². The van der Waals surface area contributed by atoms with Gasteiger partial charge in [-0.1, -0.05) is 45.0 Å². The largest absolute Gasteiger partial charge is 0.304 e. The van der Waals surface area contributed by atoms with Crippen molar-refractivity contribution < 1.29 is 4.79 Å². The van der Waals surface area contributed by atoms with E-state index >= 15 is 0 Å². The molecule has 18 heavy (non-hydrogen) atoms. The highest BCUT2D eigenvalue weighted by Gasteiger charge is 1.97. The van der Waals surface area contributed by atoms with Crippen LogP contribution in [0.3, 0.4) is 0 Å². The van der Waals surface area contributed by atoms with E-state index in [1.165, 1.54) is 19.6 Å². The summed E-state index contributed by atoms with van der Waals surface area (Å²) in [6, 6.07) is 7.03. The third-order valence-corrected chi connectivity index (χ3v) is 3.57. The topological polar surface area (TPSA) is 20.3 Å². The lowest BCUT2D eigenvalue weighted by atomic mass is 10.4. The Balaban J connectivity index is 0.000000360. The van der Waals surface area contributed by atoms with Crippen LogP contribution in [0.15, 0.2) is 29.2 Å². The summed E-state index contributed by atoms with van der Waals surface area (Å²) in [5.74, 6) is 0. The molecule has 0 aliphatic carbocycles. The lowest BCUT2D eigenvalue weighted by Gasteiger charge is -2.13. The summed E-state index contributed by atoms with van der Waals surface area (Å²) in [5.41, 5.74) is 0. The van der Waals surface area contributed by atoms with Gasteiger partial charge >= 0.3 is 0 Å². The maximum Gasteiger partial charge on any atom is 0.247 e. The first-order valence-corrected chi connectivity index (χ1v) is 7.56. The minimum absolute atomic E-state index is 0.215. The second-order valence-corrected chi connectivity index (χ2v) is 5.63. The second kappa shape index (κ2) is 10.7. The number of thioether (sulfide) groups is 1. The summed E-state index contributed by atoms with van der Waals surface area (Å²) in [6.07, 6.45) is 0. The van der Waals surface area contributed by atoms with E-state index in [9.17, 15) is 4.79 Å². The van der Waals surface area contributed by atoms with Gasteiger partial charge in [0, 0.05) is 9.92 Å². The average Bonchev–Trinajstić information content (AvgIpc) is 2.35. The highest BCUT2D eigenvalue weighted by molar-refractivity contribution is 8.32. The molecule has 0 radical (unpaired) electrons. The molecule has 5 heteroatoms.